The van der Waals surface area contributed by atoms with Gasteiger partial charge in [0, 0.05) is 6.20 Å². The third-order valence-corrected chi connectivity index (χ3v) is 3.88. The van der Waals surface area contributed by atoms with Gasteiger partial charge in [-0.2, -0.15) is 15.4 Å². The summed E-state index contributed by atoms with van der Waals surface area (Å²) in [6.07, 6.45) is 3.41. The quantitative estimate of drug-likeness (QED) is 0.618. The van der Waals surface area contributed by atoms with Gasteiger partial charge in [-0.3, -0.25) is 4.40 Å². The zero-order valence-corrected chi connectivity index (χ0v) is 13.2. The fraction of sp³-hybridized carbons (Fsp3) is 0.118. The highest BCUT2D eigenvalue weighted by Crippen LogP contribution is 2.28. The largest absolute Gasteiger partial charge is 0.485 e. The van der Waals surface area contributed by atoms with Gasteiger partial charge in [0.25, 0.3) is 0 Å². The molecule has 1 aromatic carbocycles. The lowest BCUT2D eigenvalue weighted by Gasteiger charge is -2.09. The number of imidazole rings is 1. The Hall–Kier alpha value is -3.29. The minimum atomic E-state index is -0.644. The molecule has 0 atom stereocenters. The second-order valence-electron chi connectivity index (χ2n) is 5.46. The Morgan fingerprint density at radius 1 is 1.16 bits per heavy atom. The number of aromatic nitrogens is 5. The van der Waals surface area contributed by atoms with Crippen LogP contribution in [-0.4, -0.2) is 24.8 Å². The van der Waals surface area contributed by atoms with E-state index >= 15 is 0 Å². The van der Waals surface area contributed by atoms with Crippen molar-refractivity contribution >= 4 is 5.65 Å². The molecule has 8 heteroatoms. The number of benzene rings is 1. The van der Waals surface area contributed by atoms with E-state index in [0.717, 1.165) is 11.4 Å². The molecule has 1 N–H and O–H groups in total. The second-order valence-corrected chi connectivity index (χ2v) is 5.46. The minimum Gasteiger partial charge on any atom is -0.485 e. The number of fused-ring (bicyclic) bond motifs is 1. The Bertz CT molecular complexity index is 1020. The monoisotopic (exact) mass is 341 g/mol. The van der Waals surface area contributed by atoms with Crippen LogP contribution in [0.15, 0.2) is 42.7 Å². The summed E-state index contributed by atoms with van der Waals surface area (Å²) in [6.45, 7) is 1.61. The first-order valence-corrected chi connectivity index (χ1v) is 7.54. The number of aryl methyl sites for hydroxylation is 1. The molecule has 126 valence electrons. The van der Waals surface area contributed by atoms with Gasteiger partial charge in [0.1, 0.15) is 23.9 Å². The van der Waals surface area contributed by atoms with E-state index in [-0.39, 0.29) is 12.2 Å². The molecule has 4 rings (SSSR count). The highest BCUT2D eigenvalue weighted by atomic mass is 19.1. The van der Waals surface area contributed by atoms with Crippen molar-refractivity contribution in [1.29, 1.82) is 0 Å². The molecule has 0 spiro atoms. The molecule has 0 radical (unpaired) electrons. The first-order valence-electron chi connectivity index (χ1n) is 7.54. The van der Waals surface area contributed by atoms with E-state index in [9.17, 15) is 8.78 Å². The van der Waals surface area contributed by atoms with Gasteiger partial charge in [-0.05, 0) is 31.2 Å². The molecule has 0 aliphatic rings. The average Bonchev–Trinajstić information content (AvgIpc) is 3.21. The van der Waals surface area contributed by atoms with Crippen LogP contribution in [0.2, 0.25) is 0 Å². The van der Waals surface area contributed by atoms with Crippen molar-refractivity contribution in [3.63, 3.8) is 0 Å². The number of rotatable bonds is 4. The van der Waals surface area contributed by atoms with Gasteiger partial charge >= 0.3 is 0 Å². The van der Waals surface area contributed by atoms with Gasteiger partial charge in [0.15, 0.2) is 11.4 Å². The predicted molar refractivity (Wildman–Crippen MR) is 86.0 cm³/mol. The molecule has 0 aliphatic heterocycles. The van der Waals surface area contributed by atoms with Gasteiger partial charge < -0.3 is 4.74 Å². The topological polar surface area (TPSA) is 68.1 Å². The Labute approximate surface area is 141 Å². The Morgan fingerprint density at radius 2 is 1.96 bits per heavy atom. The molecule has 0 aliphatic carbocycles. The molecule has 0 unspecified atom stereocenters. The van der Waals surface area contributed by atoms with Crippen LogP contribution in [0.5, 0.6) is 5.75 Å². The number of nitrogens with one attached hydrogen (secondary N) is 1. The van der Waals surface area contributed by atoms with Crippen molar-refractivity contribution < 1.29 is 13.5 Å². The lowest BCUT2D eigenvalue weighted by Crippen LogP contribution is -2.03. The Balaban J connectivity index is 1.73. The summed E-state index contributed by atoms with van der Waals surface area (Å²) in [5.74, 6) is -0.868. The van der Waals surface area contributed by atoms with Gasteiger partial charge in [-0.1, -0.05) is 6.07 Å². The summed E-state index contributed by atoms with van der Waals surface area (Å²) < 4.78 is 35.0. The zero-order valence-electron chi connectivity index (χ0n) is 13.2. The van der Waals surface area contributed by atoms with E-state index in [0.29, 0.717) is 17.1 Å². The number of ether oxygens (including phenoxy) is 1. The maximum atomic E-state index is 13.8. The van der Waals surface area contributed by atoms with Crippen LogP contribution < -0.4 is 4.74 Å². The van der Waals surface area contributed by atoms with Gasteiger partial charge in [0.05, 0.1) is 23.1 Å². The number of nitrogens with zero attached hydrogens (tertiary/aromatic N) is 4. The SMILES string of the molecule is Cc1nc2c(OCc3c(F)cccc3F)cccn2c1-c1cn[nH]n1. The maximum Gasteiger partial charge on any atom is 0.180 e. The van der Waals surface area contributed by atoms with Gasteiger partial charge in [0.2, 0.25) is 0 Å². The van der Waals surface area contributed by atoms with Crippen molar-refractivity contribution in [2.75, 3.05) is 0 Å². The molecule has 3 heterocycles. The average molecular weight is 341 g/mol. The smallest absolute Gasteiger partial charge is 0.180 e. The van der Waals surface area contributed by atoms with Crippen LogP contribution in [0.4, 0.5) is 8.78 Å². The van der Waals surface area contributed by atoms with Crippen molar-refractivity contribution in [3.8, 4) is 17.1 Å². The first-order chi connectivity index (χ1) is 12.1. The highest BCUT2D eigenvalue weighted by molar-refractivity contribution is 5.67. The van der Waals surface area contributed by atoms with E-state index in [2.05, 4.69) is 20.4 Å². The first kappa shape index (κ1) is 15.3. The molecule has 0 bridgehead atoms. The van der Waals surface area contributed by atoms with Crippen LogP contribution in [0.3, 0.4) is 0 Å². The van der Waals surface area contributed by atoms with E-state index in [1.54, 1.807) is 22.7 Å². The Kier molecular flexibility index (Phi) is 3.64. The number of pyridine rings is 1. The summed E-state index contributed by atoms with van der Waals surface area (Å²) in [7, 11) is 0. The predicted octanol–water partition coefficient (Wildman–Crippen LogP) is 3.29. The number of hydrogen-bond acceptors (Lipinski definition) is 4. The summed E-state index contributed by atoms with van der Waals surface area (Å²) in [4.78, 5) is 4.49. The van der Waals surface area contributed by atoms with Crippen molar-refractivity contribution in [2.24, 2.45) is 0 Å². The molecule has 0 fully saturated rings. The third kappa shape index (κ3) is 2.61. The standard InChI is InChI=1S/C17H13F2N5O/c1-10-16(14-8-20-23-22-14)24-7-3-6-15(17(24)21-10)25-9-11-12(18)4-2-5-13(11)19/h2-8H,9H2,1H3,(H,20,22,23). The summed E-state index contributed by atoms with van der Waals surface area (Å²) in [5.41, 5.74) is 2.56. The molecule has 25 heavy (non-hydrogen) atoms. The van der Waals surface area contributed by atoms with Crippen LogP contribution in [0.25, 0.3) is 17.0 Å². The molecule has 4 aromatic rings. The molecular weight excluding hydrogens is 328 g/mol. The van der Waals surface area contributed by atoms with E-state index in [1.807, 2.05) is 13.1 Å². The van der Waals surface area contributed by atoms with Crippen LogP contribution in [0, 0.1) is 18.6 Å². The minimum absolute atomic E-state index is 0.121. The summed E-state index contributed by atoms with van der Waals surface area (Å²) in [6, 6.07) is 7.18. The van der Waals surface area contributed by atoms with E-state index < -0.39 is 11.6 Å². The molecule has 3 aromatic heterocycles. The van der Waals surface area contributed by atoms with Crippen molar-refractivity contribution in [1.82, 2.24) is 24.8 Å². The number of H-pyrrole nitrogens is 1. The van der Waals surface area contributed by atoms with Crippen LogP contribution in [-0.2, 0) is 6.61 Å². The maximum absolute atomic E-state index is 13.8. The zero-order chi connectivity index (χ0) is 17.4. The highest BCUT2D eigenvalue weighted by Gasteiger charge is 2.17. The number of hydrogen-bond donors (Lipinski definition) is 1. The molecule has 0 amide bonds. The lowest BCUT2D eigenvalue weighted by atomic mass is 10.2. The second kappa shape index (κ2) is 5.97. The number of halogens is 2. The van der Waals surface area contributed by atoms with Crippen molar-refractivity contribution in [2.45, 2.75) is 13.5 Å². The summed E-state index contributed by atoms with van der Waals surface area (Å²) in [5, 5.41) is 10.5. The van der Waals surface area contributed by atoms with Gasteiger partial charge in [-0.25, -0.2) is 13.8 Å². The van der Waals surface area contributed by atoms with Gasteiger partial charge in [-0.15, -0.1) is 0 Å². The fourth-order valence-electron chi connectivity index (χ4n) is 2.71. The van der Waals surface area contributed by atoms with E-state index in [4.69, 9.17) is 4.74 Å². The Morgan fingerprint density at radius 3 is 2.68 bits per heavy atom. The third-order valence-electron chi connectivity index (χ3n) is 3.88. The fourth-order valence-corrected chi connectivity index (χ4v) is 2.71. The molecule has 0 saturated carbocycles. The lowest BCUT2D eigenvalue weighted by molar-refractivity contribution is 0.294. The normalized spacial score (nSPS) is 11.2. The van der Waals surface area contributed by atoms with Crippen LogP contribution in [0.1, 0.15) is 11.3 Å². The van der Waals surface area contributed by atoms with E-state index in [1.165, 1.54) is 18.2 Å². The molecular formula is C17H13F2N5O. The molecule has 6 nitrogen and oxygen atoms in total. The number of aromatic amines is 1. The van der Waals surface area contributed by atoms with Crippen molar-refractivity contribution in [3.05, 3.63) is 65.6 Å². The summed E-state index contributed by atoms with van der Waals surface area (Å²) >= 11 is 0. The van der Waals surface area contributed by atoms with Crippen LogP contribution >= 0.6 is 0 Å². The molecule has 0 saturated heterocycles.